The van der Waals surface area contributed by atoms with Gasteiger partial charge in [-0.3, -0.25) is 4.79 Å². The Hall–Kier alpha value is -1.69. The fraction of sp³-hybridized carbons (Fsp3) is 0.462. The second-order valence-electron chi connectivity index (χ2n) is 4.24. The lowest BCUT2D eigenvalue weighted by Crippen LogP contribution is -2.18. The highest BCUT2D eigenvalue weighted by molar-refractivity contribution is 5.66. The molecule has 1 rings (SSSR count). The first-order chi connectivity index (χ1) is 8.90. The van der Waals surface area contributed by atoms with Crippen LogP contribution in [0.1, 0.15) is 23.1 Å². The number of halogens is 2. The highest BCUT2D eigenvalue weighted by Crippen LogP contribution is 2.24. The number of nitrogens with one attached hydrogen (secondary N) is 1. The SMILES string of the molecule is Cc1cc(CNCCC(=O)O)c(OC(F)F)cc1C. The Balaban J connectivity index is 2.73. The predicted octanol–water partition coefficient (Wildman–Crippen LogP) is 2.47. The van der Waals surface area contributed by atoms with E-state index in [1.54, 1.807) is 12.1 Å². The van der Waals surface area contributed by atoms with Crippen molar-refractivity contribution in [2.24, 2.45) is 0 Å². The van der Waals surface area contributed by atoms with Crippen LogP contribution in [0.4, 0.5) is 8.78 Å². The molecule has 6 heteroatoms. The van der Waals surface area contributed by atoms with Crippen molar-refractivity contribution in [1.29, 1.82) is 0 Å². The van der Waals surface area contributed by atoms with Crippen LogP contribution in [0.2, 0.25) is 0 Å². The molecule has 0 aromatic heterocycles. The van der Waals surface area contributed by atoms with Gasteiger partial charge in [-0.2, -0.15) is 8.78 Å². The summed E-state index contributed by atoms with van der Waals surface area (Å²) in [6.07, 6.45) is -0.0180. The van der Waals surface area contributed by atoms with Crippen molar-refractivity contribution in [1.82, 2.24) is 5.32 Å². The summed E-state index contributed by atoms with van der Waals surface area (Å²) >= 11 is 0. The van der Waals surface area contributed by atoms with Crippen LogP contribution in [-0.4, -0.2) is 24.2 Å². The van der Waals surface area contributed by atoms with Gasteiger partial charge in [0.1, 0.15) is 5.75 Å². The molecule has 0 fully saturated rings. The standard InChI is InChI=1S/C13H17F2NO3/c1-8-5-10(7-16-4-3-12(17)18)11(6-9(8)2)19-13(14)15/h5-6,13,16H,3-4,7H2,1-2H3,(H,17,18). The van der Waals surface area contributed by atoms with Gasteiger partial charge in [-0.1, -0.05) is 6.07 Å². The van der Waals surface area contributed by atoms with Crippen LogP contribution in [0.5, 0.6) is 5.75 Å². The normalized spacial score (nSPS) is 10.8. The molecule has 1 aromatic carbocycles. The number of hydrogen-bond acceptors (Lipinski definition) is 3. The molecule has 4 nitrogen and oxygen atoms in total. The van der Waals surface area contributed by atoms with E-state index in [9.17, 15) is 13.6 Å². The molecule has 0 amide bonds. The molecule has 0 spiro atoms. The number of rotatable bonds is 7. The summed E-state index contributed by atoms with van der Waals surface area (Å²) < 4.78 is 29.1. The van der Waals surface area contributed by atoms with Gasteiger partial charge >= 0.3 is 12.6 Å². The van der Waals surface area contributed by atoms with Crippen LogP contribution in [0.3, 0.4) is 0 Å². The van der Waals surface area contributed by atoms with E-state index in [0.29, 0.717) is 5.56 Å². The molecular formula is C13H17F2NO3. The van der Waals surface area contributed by atoms with Gasteiger partial charge in [0.25, 0.3) is 0 Å². The smallest absolute Gasteiger partial charge is 0.387 e. The zero-order valence-corrected chi connectivity index (χ0v) is 10.9. The van der Waals surface area contributed by atoms with E-state index in [-0.39, 0.29) is 25.3 Å². The van der Waals surface area contributed by atoms with Gasteiger partial charge in [0.05, 0.1) is 6.42 Å². The second kappa shape index (κ2) is 7.04. The molecule has 0 heterocycles. The highest BCUT2D eigenvalue weighted by atomic mass is 19.3. The zero-order valence-electron chi connectivity index (χ0n) is 10.9. The fourth-order valence-corrected chi connectivity index (χ4v) is 1.61. The largest absolute Gasteiger partial charge is 0.481 e. The van der Waals surface area contributed by atoms with Gasteiger partial charge in [-0.15, -0.1) is 0 Å². The van der Waals surface area contributed by atoms with Crippen molar-refractivity contribution in [3.8, 4) is 5.75 Å². The van der Waals surface area contributed by atoms with Crippen LogP contribution in [0.15, 0.2) is 12.1 Å². The lowest BCUT2D eigenvalue weighted by Gasteiger charge is -2.14. The fourth-order valence-electron chi connectivity index (χ4n) is 1.61. The van der Waals surface area contributed by atoms with Crippen LogP contribution >= 0.6 is 0 Å². The van der Waals surface area contributed by atoms with Crippen LogP contribution in [0.25, 0.3) is 0 Å². The van der Waals surface area contributed by atoms with Crippen molar-refractivity contribution in [2.75, 3.05) is 6.54 Å². The Labute approximate surface area is 110 Å². The molecule has 0 saturated heterocycles. The number of benzene rings is 1. The third-order valence-electron chi connectivity index (χ3n) is 2.72. The molecule has 0 bridgehead atoms. The van der Waals surface area contributed by atoms with Gasteiger partial charge in [-0.25, -0.2) is 0 Å². The van der Waals surface area contributed by atoms with Crippen LogP contribution in [-0.2, 0) is 11.3 Å². The molecular weight excluding hydrogens is 256 g/mol. The van der Waals surface area contributed by atoms with E-state index in [1.165, 1.54) is 0 Å². The molecule has 106 valence electrons. The quantitative estimate of drug-likeness (QED) is 0.749. The maximum absolute atomic E-state index is 12.3. The summed E-state index contributed by atoms with van der Waals surface area (Å²) in [7, 11) is 0. The third kappa shape index (κ3) is 5.21. The Morgan fingerprint density at radius 3 is 2.58 bits per heavy atom. The van der Waals surface area contributed by atoms with Gasteiger partial charge in [0, 0.05) is 18.7 Å². The van der Waals surface area contributed by atoms with Gasteiger partial charge in [-0.05, 0) is 31.0 Å². The molecule has 0 aliphatic carbocycles. The maximum Gasteiger partial charge on any atom is 0.387 e. The summed E-state index contributed by atoms with van der Waals surface area (Å²) in [6, 6.07) is 3.33. The number of aryl methyl sites for hydroxylation is 2. The number of hydrogen-bond donors (Lipinski definition) is 2. The number of alkyl halides is 2. The molecule has 2 N–H and O–H groups in total. The number of ether oxygens (including phenoxy) is 1. The molecule has 0 saturated carbocycles. The molecule has 0 atom stereocenters. The van der Waals surface area contributed by atoms with E-state index in [4.69, 9.17) is 5.11 Å². The average molecular weight is 273 g/mol. The van der Waals surface area contributed by atoms with Gasteiger partial charge in [0.2, 0.25) is 0 Å². The topological polar surface area (TPSA) is 58.6 Å². The lowest BCUT2D eigenvalue weighted by atomic mass is 10.0. The Morgan fingerprint density at radius 2 is 2.00 bits per heavy atom. The van der Waals surface area contributed by atoms with Crippen molar-refractivity contribution < 1.29 is 23.4 Å². The minimum Gasteiger partial charge on any atom is -0.481 e. The van der Waals surface area contributed by atoms with Gasteiger partial charge in [0.15, 0.2) is 0 Å². The first-order valence-electron chi connectivity index (χ1n) is 5.87. The van der Waals surface area contributed by atoms with Crippen LogP contribution in [0, 0.1) is 13.8 Å². The number of carbonyl (C=O) groups is 1. The van der Waals surface area contributed by atoms with E-state index in [2.05, 4.69) is 10.1 Å². The number of aliphatic carboxylic acids is 1. The van der Waals surface area contributed by atoms with Crippen molar-refractivity contribution >= 4 is 5.97 Å². The summed E-state index contributed by atoms with van der Waals surface area (Å²) in [6.45, 7) is 1.38. The third-order valence-corrected chi connectivity index (χ3v) is 2.72. The Kier molecular flexibility index (Phi) is 5.69. The number of carboxylic acid groups (broad SMARTS) is 1. The second-order valence-corrected chi connectivity index (χ2v) is 4.24. The minimum absolute atomic E-state index is 0.0180. The van der Waals surface area contributed by atoms with E-state index < -0.39 is 12.6 Å². The highest BCUT2D eigenvalue weighted by Gasteiger charge is 2.11. The Bertz CT molecular complexity index is 450. The first-order valence-corrected chi connectivity index (χ1v) is 5.87. The number of carboxylic acids is 1. The van der Waals surface area contributed by atoms with Crippen molar-refractivity contribution in [3.05, 3.63) is 28.8 Å². The summed E-state index contributed by atoms with van der Waals surface area (Å²) in [5.74, 6) is -0.780. The maximum atomic E-state index is 12.3. The molecule has 0 aliphatic heterocycles. The molecule has 1 aromatic rings. The van der Waals surface area contributed by atoms with E-state index in [0.717, 1.165) is 11.1 Å². The molecule has 0 radical (unpaired) electrons. The lowest BCUT2D eigenvalue weighted by molar-refractivity contribution is -0.136. The predicted molar refractivity (Wildman–Crippen MR) is 66.5 cm³/mol. The average Bonchev–Trinajstić information content (AvgIpc) is 2.29. The van der Waals surface area contributed by atoms with E-state index in [1.807, 2.05) is 13.8 Å². The molecule has 0 unspecified atom stereocenters. The summed E-state index contributed by atoms with van der Waals surface area (Å²) in [4.78, 5) is 10.4. The van der Waals surface area contributed by atoms with Crippen molar-refractivity contribution in [3.63, 3.8) is 0 Å². The molecule has 0 aliphatic rings. The minimum atomic E-state index is -2.88. The summed E-state index contributed by atoms with van der Waals surface area (Å²) in [5, 5.41) is 11.4. The first kappa shape index (κ1) is 15.4. The van der Waals surface area contributed by atoms with Gasteiger partial charge < -0.3 is 15.2 Å². The Morgan fingerprint density at radius 1 is 1.37 bits per heavy atom. The molecule has 19 heavy (non-hydrogen) atoms. The summed E-state index contributed by atoms with van der Waals surface area (Å²) in [5.41, 5.74) is 2.43. The van der Waals surface area contributed by atoms with Crippen molar-refractivity contribution in [2.45, 2.75) is 33.4 Å². The monoisotopic (exact) mass is 273 g/mol. The van der Waals surface area contributed by atoms with E-state index >= 15 is 0 Å². The van der Waals surface area contributed by atoms with Crippen LogP contribution < -0.4 is 10.1 Å². The zero-order chi connectivity index (χ0) is 14.4.